The minimum atomic E-state index is -3.64. The number of hydrogen-bond acceptors (Lipinski definition) is 3. The maximum Gasteiger partial charge on any atom is 0.256 e. The largest absolute Gasteiger partial charge is 0.321 e. The Balaban J connectivity index is 1.89. The van der Waals surface area contributed by atoms with Gasteiger partial charge in [0.2, 0.25) is 10.0 Å². The van der Waals surface area contributed by atoms with Crippen LogP contribution in [0.5, 0.6) is 0 Å². The van der Waals surface area contributed by atoms with Gasteiger partial charge in [0.1, 0.15) is 5.82 Å². The van der Waals surface area contributed by atoms with Gasteiger partial charge in [-0.1, -0.05) is 24.1 Å². The molecule has 27 heavy (non-hydrogen) atoms. The van der Waals surface area contributed by atoms with Gasteiger partial charge >= 0.3 is 0 Å². The van der Waals surface area contributed by atoms with Gasteiger partial charge in [-0.25, -0.2) is 12.8 Å². The summed E-state index contributed by atoms with van der Waals surface area (Å²) >= 11 is 5.95. The molecule has 1 amide bonds. The third-order valence-corrected chi connectivity index (χ3v) is 6.79. The maximum atomic E-state index is 13.2. The monoisotopic (exact) mass is 410 g/mol. The molecular weight excluding hydrogens is 391 g/mol. The number of sulfonamides is 1. The van der Waals surface area contributed by atoms with Gasteiger partial charge in [0.25, 0.3) is 5.91 Å². The van der Waals surface area contributed by atoms with E-state index in [0.717, 1.165) is 25.3 Å². The van der Waals surface area contributed by atoms with Gasteiger partial charge in [-0.3, -0.25) is 4.79 Å². The lowest BCUT2D eigenvalue weighted by atomic mass is 10.1. The Bertz CT molecular complexity index is 973. The molecule has 2 aromatic rings. The van der Waals surface area contributed by atoms with E-state index in [4.69, 9.17) is 11.6 Å². The number of nitrogens with zero attached hydrogens (tertiary/aromatic N) is 1. The summed E-state index contributed by atoms with van der Waals surface area (Å²) in [5.41, 5.74) is 1.11. The fraction of sp³-hybridized carbons (Fsp3) is 0.316. The van der Waals surface area contributed by atoms with Crippen molar-refractivity contribution < 1.29 is 17.6 Å². The van der Waals surface area contributed by atoms with Gasteiger partial charge in [0, 0.05) is 18.7 Å². The van der Waals surface area contributed by atoms with Crippen LogP contribution in [0.3, 0.4) is 0 Å². The number of piperidine rings is 1. The third kappa shape index (κ3) is 4.31. The first-order valence-corrected chi connectivity index (χ1v) is 10.5. The molecule has 1 aliphatic heterocycles. The smallest absolute Gasteiger partial charge is 0.256 e. The lowest BCUT2D eigenvalue weighted by molar-refractivity contribution is 0.102. The highest BCUT2D eigenvalue weighted by Crippen LogP contribution is 2.26. The molecule has 5 nitrogen and oxygen atoms in total. The zero-order chi connectivity index (χ0) is 19.6. The Morgan fingerprint density at radius 2 is 1.81 bits per heavy atom. The van der Waals surface area contributed by atoms with Gasteiger partial charge in [-0.2, -0.15) is 4.31 Å². The minimum Gasteiger partial charge on any atom is -0.321 e. The summed E-state index contributed by atoms with van der Waals surface area (Å²) in [7, 11) is -3.64. The van der Waals surface area contributed by atoms with Crippen molar-refractivity contribution in [3.05, 3.63) is 58.4 Å². The molecule has 0 spiro atoms. The second-order valence-corrected chi connectivity index (χ2v) is 8.86. The average molecular weight is 411 g/mol. The summed E-state index contributed by atoms with van der Waals surface area (Å²) < 4.78 is 40.3. The quantitative estimate of drug-likeness (QED) is 0.820. The normalized spacial score (nSPS) is 15.5. The van der Waals surface area contributed by atoms with Crippen molar-refractivity contribution in [1.29, 1.82) is 0 Å². The van der Waals surface area contributed by atoms with Gasteiger partial charge in [-0.15, -0.1) is 0 Å². The van der Waals surface area contributed by atoms with Crippen LogP contribution in [0.15, 0.2) is 41.3 Å². The van der Waals surface area contributed by atoms with Crippen molar-refractivity contribution in [2.45, 2.75) is 31.1 Å². The predicted octanol–water partition coefficient (Wildman–Crippen LogP) is 4.21. The number of aryl methyl sites for hydroxylation is 1. The van der Waals surface area contributed by atoms with Crippen LogP contribution in [0.2, 0.25) is 5.02 Å². The second-order valence-electron chi connectivity index (χ2n) is 6.52. The first kappa shape index (κ1) is 19.8. The zero-order valence-corrected chi connectivity index (χ0v) is 16.4. The van der Waals surface area contributed by atoms with Crippen molar-refractivity contribution in [2.24, 2.45) is 0 Å². The van der Waals surface area contributed by atoms with E-state index in [-0.39, 0.29) is 21.2 Å². The number of rotatable bonds is 4. The molecule has 1 N–H and O–H groups in total. The lowest BCUT2D eigenvalue weighted by Crippen LogP contribution is -2.35. The Hall–Kier alpha value is -1.96. The molecule has 8 heteroatoms. The number of nitrogens with one attached hydrogen (secondary N) is 1. The van der Waals surface area contributed by atoms with E-state index in [1.54, 1.807) is 13.0 Å². The standard InChI is InChI=1S/C19H20ClFN2O3S/c1-13-5-7-15(27(25,26)23-9-3-2-4-10-23)12-16(13)19(24)22-18-8-6-14(21)11-17(18)20/h5-8,11-12H,2-4,9-10H2,1H3,(H,22,24). The summed E-state index contributed by atoms with van der Waals surface area (Å²) in [4.78, 5) is 12.7. The summed E-state index contributed by atoms with van der Waals surface area (Å²) in [5.74, 6) is -1.01. The number of anilines is 1. The molecule has 0 unspecified atom stereocenters. The number of benzene rings is 2. The number of carbonyl (C=O) groups excluding carboxylic acids is 1. The number of carbonyl (C=O) groups is 1. The summed E-state index contributed by atoms with van der Waals surface area (Å²) in [6.07, 6.45) is 2.69. The van der Waals surface area contributed by atoms with Crippen LogP contribution in [0.25, 0.3) is 0 Å². The Morgan fingerprint density at radius 1 is 1.11 bits per heavy atom. The van der Waals surface area contributed by atoms with Crippen LogP contribution in [0, 0.1) is 12.7 Å². The summed E-state index contributed by atoms with van der Waals surface area (Å²) in [6, 6.07) is 8.15. The molecule has 1 heterocycles. The molecule has 1 saturated heterocycles. The van der Waals surface area contributed by atoms with E-state index in [0.29, 0.717) is 18.7 Å². The van der Waals surface area contributed by atoms with Gasteiger partial charge in [0.15, 0.2) is 0 Å². The van der Waals surface area contributed by atoms with Crippen molar-refractivity contribution in [3.8, 4) is 0 Å². The van der Waals surface area contributed by atoms with Crippen LogP contribution < -0.4 is 5.32 Å². The van der Waals surface area contributed by atoms with Gasteiger partial charge in [0.05, 0.1) is 15.6 Å². The Morgan fingerprint density at radius 3 is 2.48 bits per heavy atom. The molecule has 1 fully saturated rings. The molecule has 0 aromatic heterocycles. The molecule has 3 rings (SSSR count). The summed E-state index contributed by atoms with van der Waals surface area (Å²) in [5, 5.41) is 2.67. The fourth-order valence-corrected chi connectivity index (χ4v) is 4.80. The molecular formula is C19H20ClFN2O3S. The van der Waals surface area contributed by atoms with Crippen LogP contribution in [-0.4, -0.2) is 31.7 Å². The van der Waals surface area contributed by atoms with Crippen molar-refractivity contribution in [3.63, 3.8) is 0 Å². The average Bonchev–Trinajstić information content (AvgIpc) is 2.65. The van der Waals surface area contributed by atoms with E-state index >= 15 is 0 Å². The number of amides is 1. The van der Waals surface area contributed by atoms with E-state index in [9.17, 15) is 17.6 Å². The van der Waals surface area contributed by atoms with Crippen molar-refractivity contribution in [1.82, 2.24) is 4.31 Å². The van der Waals surface area contributed by atoms with Gasteiger partial charge in [-0.05, 0) is 55.7 Å². The van der Waals surface area contributed by atoms with Crippen LogP contribution in [-0.2, 0) is 10.0 Å². The molecule has 0 saturated carbocycles. The van der Waals surface area contributed by atoms with E-state index < -0.39 is 21.7 Å². The fourth-order valence-electron chi connectivity index (χ4n) is 3.04. The van der Waals surface area contributed by atoms with E-state index in [1.165, 1.54) is 28.6 Å². The highest BCUT2D eigenvalue weighted by Gasteiger charge is 2.27. The maximum absolute atomic E-state index is 13.2. The third-order valence-electron chi connectivity index (χ3n) is 4.59. The number of hydrogen-bond donors (Lipinski definition) is 1. The van der Waals surface area contributed by atoms with E-state index in [2.05, 4.69) is 5.32 Å². The first-order valence-electron chi connectivity index (χ1n) is 8.66. The highest BCUT2D eigenvalue weighted by molar-refractivity contribution is 7.89. The molecule has 1 aliphatic rings. The Kier molecular flexibility index (Phi) is 5.83. The molecule has 0 aliphatic carbocycles. The molecule has 2 aromatic carbocycles. The molecule has 0 radical (unpaired) electrons. The topological polar surface area (TPSA) is 66.5 Å². The van der Waals surface area contributed by atoms with Crippen LogP contribution in [0.1, 0.15) is 35.2 Å². The Labute approximate surface area is 163 Å². The summed E-state index contributed by atoms with van der Waals surface area (Å²) in [6.45, 7) is 2.70. The predicted molar refractivity (Wildman–Crippen MR) is 103 cm³/mol. The highest BCUT2D eigenvalue weighted by atomic mass is 35.5. The molecule has 0 atom stereocenters. The SMILES string of the molecule is Cc1ccc(S(=O)(=O)N2CCCCC2)cc1C(=O)Nc1ccc(F)cc1Cl. The molecule has 0 bridgehead atoms. The lowest BCUT2D eigenvalue weighted by Gasteiger charge is -2.26. The van der Waals surface area contributed by atoms with Gasteiger partial charge < -0.3 is 5.32 Å². The van der Waals surface area contributed by atoms with Crippen LogP contribution in [0.4, 0.5) is 10.1 Å². The van der Waals surface area contributed by atoms with E-state index in [1.807, 2.05) is 0 Å². The van der Waals surface area contributed by atoms with Crippen LogP contribution >= 0.6 is 11.6 Å². The van der Waals surface area contributed by atoms with Crippen molar-refractivity contribution in [2.75, 3.05) is 18.4 Å². The minimum absolute atomic E-state index is 0.0677. The second kappa shape index (κ2) is 7.96. The first-order chi connectivity index (χ1) is 12.8. The molecule has 144 valence electrons. The zero-order valence-electron chi connectivity index (χ0n) is 14.8. The van der Waals surface area contributed by atoms with Crippen molar-refractivity contribution >= 4 is 33.2 Å². The number of halogens is 2.